The highest BCUT2D eigenvalue weighted by Gasteiger charge is 2.22. The van der Waals surface area contributed by atoms with Gasteiger partial charge in [-0.25, -0.2) is 0 Å². The molecule has 0 aromatic carbocycles. The van der Waals surface area contributed by atoms with E-state index in [2.05, 4.69) is 18.7 Å². The molecule has 1 fully saturated rings. The van der Waals surface area contributed by atoms with Crippen LogP contribution in [0.5, 0.6) is 0 Å². The SMILES string of the molecule is CCC(CC)N(CCN)CC(=O)N1CCOCC1. The lowest BCUT2D eigenvalue weighted by molar-refractivity contribution is -0.137. The minimum atomic E-state index is 0.207. The van der Waals surface area contributed by atoms with Gasteiger partial charge < -0.3 is 15.4 Å². The Morgan fingerprint density at radius 3 is 2.44 bits per heavy atom. The summed E-state index contributed by atoms with van der Waals surface area (Å²) in [7, 11) is 0. The Morgan fingerprint density at radius 2 is 1.94 bits per heavy atom. The van der Waals surface area contributed by atoms with Gasteiger partial charge >= 0.3 is 0 Å². The van der Waals surface area contributed by atoms with Gasteiger partial charge in [-0.05, 0) is 12.8 Å². The summed E-state index contributed by atoms with van der Waals surface area (Å²) < 4.78 is 5.26. The van der Waals surface area contributed by atoms with Crippen LogP contribution in [0.2, 0.25) is 0 Å². The van der Waals surface area contributed by atoms with Gasteiger partial charge in [0.05, 0.1) is 19.8 Å². The van der Waals surface area contributed by atoms with E-state index in [-0.39, 0.29) is 5.91 Å². The molecule has 0 radical (unpaired) electrons. The predicted octanol–water partition coefficient (Wildman–Crippen LogP) is 0.295. The van der Waals surface area contributed by atoms with Crippen LogP contribution in [0.3, 0.4) is 0 Å². The molecule has 0 aromatic heterocycles. The fourth-order valence-corrected chi connectivity index (χ4v) is 2.45. The van der Waals surface area contributed by atoms with Crippen molar-refractivity contribution >= 4 is 5.91 Å². The summed E-state index contributed by atoms with van der Waals surface area (Å²) >= 11 is 0. The molecule has 1 aliphatic rings. The molecule has 0 aliphatic carbocycles. The number of ether oxygens (including phenoxy) is 1. The third kappa shape index (κ3) is 4.55. The van der Waals surface area contributed by atoms with Crippen molar-refractivity contribution in [1.82, 2.24) is 9.80 Å². The fourth-order valence-electron chi connectivity index (χ4n) is 2.45. The maximum Gasteiger partial charge on any atom is 0.236 e. The highest BCUT2D eigenvalue weighted by Crippen LogP contribution is 2.09. The number of nitrogens with zero attached hydrogens (tertiary/aromatic N) is 2. The molecule has 0 spiro atoms. The van der Waals surface area contributed by atoms with Gasteiger partial charge in [0.25, 0.3) is 0 Å². The summed E-state index contributed by atoms with van der Waals surface area (Å²) in [6.07, 6.45) is 2.12. The lowest BCUT2D eigenvalue weighted by atomic mass is 10.1. The summed E-state index contributed by atoms with van der Waals surface area (Å²) in [6, 6.07) is 0.457. The van der Waals surface area contributed by atoms with Crippen molar-refractivity contribution in [2.45, 2.75) is 32.7 Å². The van der Waals surface area contributed by atoms with Gasteiger partial charge in [0.2, 0.25) is 5.91 Å². The number of carbonyl (C=O) groups is 1. The van der Waals surface area contributed by atoms with E-state index in [1.165, 1.54) is 0 Å². The van der Waals surface area contributed by atoms with Crippen molar-refractivity contribution in [2.75, 3.05) is 45.9 Å². The summed E-state index contributed by atoms with van der Waals surface area (Å²) in [5.41, 5.74) is 5.64. The molecule has 0 aromatic rings. The van der Waals surface area contributed by atoms with E-state index in [0.29, 0.717) is 32.3 Å². The first kappa shape index (κ1) is 15.4. The molecule has 106 valence electrons. The van der Waals surface area contributed by atoms with Gasteiger partial charge in [-0.1, -0.05) is 13.8 Å². The molecule has 2 N–H and O–H groups in total. The highest BCUT2D eigenvalue weighted by molar-refractivity contribution is 5.78. The molecule has 18 heavy (non-hydrogen) atoms. The molecule has 0 atom stereocenters. The number of hydrogen-bond donors (Lipinski definition) is 1. The maximum absolute atomic E-state index is 12.2. The average Bonchev–Trinajstić information content (AvgIpc) is 2.41. The number of carbonyl (C=O) groups excluding carboxylic acids is 1. The summed E-state index contributed by atoms with van der Waals surface area (Å²) in [6.45, 7) is 8.98. The van der Waals surface area contributed by atoms with Crippen LogP contribution < -0.4 is 5.73 Å². The van der Waals surface area contributed by atoms with Crippen molar-refractivity contribution in [3.8, 4) is 0 Å². The van der Waals surface area contributed by atoms with Gasteiger partial charge in [0.15, 0.2) is 0 Å². The minimum Gasteiger partial charge on any atom is -0.378 e. The topological polar surface area (TPSA) is 58.8 Å². The number of nitrogens with two attached hydrogens (primary N) is 1. The van der Waals surface area contributed by atoms with Crippen LogP contribution in [0, 0.1) is 0 Å². The highest BCUT2D eigenvalue weighted by atomic mass is 16.5. The molecule has 0 saturated carbocycles. The van der Waals surface area contributed by atoms with E-state index in [4.69, 9.17) is 10.5 Å². The van der Waals surface area contributed by atoms with Crippen molar-refractivity contribution in [3.05, 3.63) is 0 Å². The summed E-state index contributed by atoms with van der Waals surface area (Å²) in [5, 5.41) is 0. The third-order valence-corrected chi connectivity index (χ3v) is 3.58. The molecule has 1 amide bonds. The minimum absolute atomic E-state index is 0.207. The Balaban J connectivity index is 2.50. The van der Waals surface area contributed by atoms with E-state index < -0.39 is 0 Å². The maximum atomic E-state index is 12.2. The number of rotatable bonds is 7. The van der Waals surface area contributed by atoms with Crippen molar-refractivity contribution in [1.29, 1.82) is 0 Å². The molecule has 5 nitrogen and oxygen atoms in total. The van der Waals surface area contributed by atoms with E-state index in [1.54, 1.807) is 0 Å². The molecule has 5 heteroatoms. The molecular formula is C13H27N3O2. The summed E-state index contributed by atoms with van der Waals surface area (Å²) in [5.74, 6) is 0.207. The van der Waals surface area contributed by atoms with Crippen molar-refractivity contribution in [3.63, 3.8) is 0 Å². The Kier molecular flexibility index (Phi) is 7.23. The van der Waals surface area contributed by atoms with Gasteiger partial charge in [-0.2, -0.15) is 0 Å². The van der Waals surface area contributed by atoms with E-state index in [9.17, 15) is 4.79 Å². The van der Waals surface area contributed by atoms with Crippen LogP contribution in [0.4, 0.5) is 0 Å². The van der Waals surface area contributed by atoms with Crippen LogP contribution in [0.15, 0.2) is 0 Å². The molecule has 0 bridgehead atoms. The van der Waals surface area contributed by atoms with Crippen molar-refractivity contribution in [2.24, 2.45) is 5.73 Å². The smallest absolute Gasteiger partial charge is 0.236 e. The first-order valence-electron chi connectivity index (χ1n) is 7.02. The van der Waals surface area contributed by atoms with Gasteiger partial charge in [-0.3, -0.25) is 9.69 Å². The van der Waals surface area contributed by atoms with Crippen LogP contribution in [-0.4, -0.2) is 67.7 Å². The second-order valence-electron chi connectivity index (χ2n) is 4.72. The Morgan fingerprint density at radius 1 is 1.33 bits per heavy atom. The zero-order valence-corrected chi connectivity index (χ0v) is 11.7. The van der Waals surface area contributed by atoms with Crippen molar-refractivity contribution < 1.29 is 9.53 Å². The van der Waals surface area contributed by atoms with Crippen LogP contribution >= 0.6 is 0 Å². The Hall–Kier alpha value is -0.650. The van der Waals surface area contributed by atoms with Crippen LogP contribution in [-0.2, 0) is 9.53 Å². The zero-order valence-electron chi connectivity index (χ0n) is 11.7. The second kappa shape index (κ2) is 8.45. The standard InChI is InChI=1S/C13H27N3O2/c1-3-12(4-2)16(6-5-14)11-13(17)15-7-9-18-10-8-15/h12H,3-11,14H2,1-2H3. The first-order chi connectivity index (χ1) is 8.72. The van der Waals surface area contributed by atoms with E-state index in [1.807, 2.05) is 4.90 Å². The second-order valence-corrected chi connectivity index (χ2v) is 4.72. The van der Waals surface area contributed by atoms with Crippen LogP contribution in [0.1, 0.15) is 26.7 Å². The third-order valence-electron chi connectivity index (χ3n) is 3.58. The monoisotopic (exact) mass is 257 g/mol. The van der Waals surface area contributed by atoms with Gasteiger partial charge in [0, 0.05) is 32.2 Å². The molecule has 0 unspecified atom stereocenters. The predicted molar refractivity (Wildman–Crippen MR) is 72.4 cm³/mol. The average molecular weight is 257 g/mol. The summed E-state index contributed by atoms with van der Waals surface area (Å²) in [4.78, 5) is 16.3. The quantitative estimate of drug-likeness (QED) is 0.712. The van der Waals surface area contributed by atoms with E-state index >= 15 is 0 Å². The lowest BCUT2D eigenvalue weighted by Crippen LogP contribution is -2.49. The lowest BCUT2D eigenvalue weighted by Gasteiger charge is -2.33. The fraction of sp³-hybridized carbons (Fsp3) is 0.923. The Labute approximate surface area is 110 Å². The largest absolute Gasteiger partial charge is 0.378 e. The van der Waals surface area contributed by atoms with Gasteiger partial charge in [0.1, 0.15) is 0 Å². The molecule has 1 rings (SSSR count). The molecule has 1 saturated heterocycles. The molecule has 1 heterocycles. The number of amides is 1. The van der Waals surface area contributed by atoms with E-state index in [0.717, 1.165) is 32.5 Å². The zero-order chi connectivity index (χ0) is 13.4. The molecular weight excluding hydrogens is 230 g/mol. The van der Waals surface area contributed by atoms with Gasteiger partial charge in [-0.15, -0.1) is 0 Å². The normalized spacial score (nSPS) is 16.6. The van der Waals surface area contributed by atoms with Crippen LogP contribution in [0.25, 0.3) is 0 Å². The number of morpholine rings is 1. The number of hydrogen-bond acceptors (Lipinski definition) is 4. The first-order valence-corrected chi connectivity index (χ1v) is 7.02. The molecule has 1 aliphatic heterocycles. The Bertz CT molecular complexity index is 238.